The van der Waals surface area contributed by atoms with E-state index in [1.807, 2.05) is 20.9 Å². The predicted molar refractivity (Wildman–Crippen MR) is 68.5 cm³/mol. The molecule has 94 valence electrons. The first-order valence-corrected chi connectivity index (χ1v) is 6.08. The molecule has 1 aromatic heterocycles. The summed E-state index contributed by atoms with van der Waals surface area (Å²) >= 11 is 0. The smallest absolute Gasteiger partial charge is 0.135 e. The molecule has 0 spiro atoms. The average molecular weight is 236 g/mol. The van der Waals surface area contributed by atoms with Crippen LogP contribution in [-0.2, 0) is 4.74 Å². The van der Waals surface area contributed by atoms with Crippen molar-refractivity contribution in [3.8, 4) is 0 Å². The highest BCUT2D eigenvalue weighted by Crippen LogP contribution is 2.21. The first-order valence-electron chi connectivity index (χ1n) is 6.08. The highest BCUT2D eigenvalue weighted by Gasteiger charge is 2.16. The number of nitrogens with one attached hydrogen (secondary N) is 2. The fraction of sp³-hybridized carbons (Fsp3) is 0.667. The maximum absolute atomic E-state index is 5.46. The van der Waals surface area contributed by atoms with E-state index in [0.29, 0.717) is 6.04 Å². The molecule has 0 aromatic carbocycles. The Balaban J connectivity index is 2.16. The van der Waals surface area contributed by atoms with Crippen LogP contribution in [0.4, 0.5) is 11.6 Å². The summed E-state index contributed by atoms with van der Waals surface area (Å²) in [4.78, 5) is 8.81. The van der Waals surface area contributed by atoms with E-state index in [4.69, 9.17) is 4.74 Å². The van der Waals surface area contributed by atoms with Gasteiger partial charge in [-0.3, -0.25) is 0 Å². The van der Waals surface area contributed by atoms with Crippen LogP contribution in [0.25, 0.3) is 0 Å². The van der Waals surface area contributed by atoms with Gasteiger partial charge in [-0.2, -0.15) is 0 Å². The number of hydrogen-bond donors (Lipinski definition) is 2. The van der Waals surface area contributed by atoms with Crippen molar-refractivity contribution in [1.82, 2.24) is 9.97 Å². The van der Waals surface area contributed by atoms with Crippen LogP contribution in [-0.4, -0.2) is 36.3 Å². The molecule has 5 nitrogen and oxygen atoms in total. The number of aryl methyl sites for hydroxylation is 1. The van der Waals surface area contributed by atoms with Crippen molar-refractivity contribution >= 4 is 11.6 Å². The molecule has 1 aliphatic heterocycles. The van der Waals surface area contributed by atoms with Gasteiger partial charge in [-0.15, -0.1) is 0 Å². The van der Waals surface area contributed by atoms with Gasteiger partial charge in [0, 0.05) is 19.2 Å². The molecule has 2 heterocycles. The van der Waals surface area contributed by atoms with Gasteiger partial charge in [0.2, 0.25) is 0 Å². The fourth-order valence-corrected chi connectivity index (χ4v) is 2.06. The van der Waals surface area contributed by atoms with Crippen LogP contribution < -0.4 is 10.6 Å². The van der Waals surface area contributed by atoms with Gasteiger partial charge in [0.25, 0.3) is 0 Å². The quantitative estimate of drug-likeness (QED) is 0.837. The lowest BCUT2D eigenvalue weighted by Gasteiger charge is -2.24. The minimum absolute atomic E-state index is 0.362. The number of anilines is 2. The Labute approximate surface area is 102 Å². The lowest BCUT2D eigenvalue weighted by molar-refractivity contribution is 0.0875. The Morgan fingerprint density at radius 2 is 2.00 bits per heavy atom. The van der Waals surface area contributed by atoms with Gasteiger partial charge < -0.3 is 15.4 Å². The van der Waals surface area contributed by atoms with Crippen LogP contribution in [0.15, 0.2) is 0 Å². The first kappa shape index (κ1) is 12.1. The summed E-state index contributed by atoms with van der Waals surface area (Å²) in [7, 11) is 1.88. The molecule has 1 aromatic rings. The van der Waals surface area contributed by atoms with Crippen molar-refractivity contribution in [3.05, 3.63) is 11.4 Å². The molecule has 0 saturated carbocycles. The maximum atomic E-state index is 5.46. The molecule has 0 radical (unpaired) electrons. The zero-order chi connectivity index (χ0) is 12.3. The van der Waals surface area contributed by atoms with Crippen molar-refractivity contribution < 1.29 is 4.74 Å². The van der Waals surface area contributed by atoms with Gasteiger partial charge in [-0.25, -0.2) is 9.97 Å². The number of rotatable bonds is 3. The Bertz CT molecular complexity index is 388. The zero-order valence-electron chi connectivity index (χ0n) is 10.7. The Morgan fingerprint density at radius 3 is 2.65 bits per heavy atom. The lowest BCUT2D eigenvalue weighted by atomic mass is 10.1. The van der Waals surface area contributed by atoms with Crippen LogP contribution in [0.2, 0.25) is 0 Å². The third kappa shape index (κ3) is 2.85. The van der Waals surface area contributed by atoms with Crippen molar-refractivity contribution in [2.45, 2.75) is 32.7 Å². The van der Waals surface area contributed by atoms with Crippen molar-refractivity contribution in [2.24, 2.45) is 0 Å². The normalized spacial score (nSPS) is 20.1. The Kier molecular flexibility index (Phi) is 3.78. The first-order chi connectivity index (χ1) is 8.20. The monoisotopic (exact) mass is 236 g/mol. The van der Waals surface area contributed by atoms with E-state index in [1.165, 1.54) is 0 Å². The number of hydrogen-bond acceptors (Lipinski definition) is 5. The standard InChI is InChI=1S/C12H20N4O/c1-8-11(13-3)14-9(2)15-12(8)16-10-5-4-6-17-7-10/h10H,4-7H2,1-3H3,(H2,13,14,15,16). The molecule has 1 fully saturated rings. The second kappa shape index (κ2) is 5.31. The van der Waals surface area contributed by atoms with Crippen molar-refractivity contribution in [1.29, 1.82) is 0 Å². The summed E-state index contributed by atoms with van der Waals surface area (Å²) in [6, 6.07) is 0.362. The number of aromatic nitrogens is 2. The molecule has 1 saturated heterocycles. The van der Waals surface area contributed by atoms with Gasteiger partial charge in [0.05, 0.1) is 12.6 Å². The predicted octanol–water partition coefficient (Wildman–Crippen LogP) is 1.73. The van der Waals surface area contributed by atoms with Gasteiger partial charge >= 0.3 is 0 Å². The van der Waals surface area contributed by atoms with E-state index in [-0.39, 0.29) is 0 Å². The van der Waals surface area contributed by atoms with Crippen LogP contribution in [0.1, 0.15) is 24.2 Å². The molecule has 1 unspecified atom stereocenters. The summed E-state index contributed by atoms with van der Waals surface area (Å²) in [5.41, 5.74) is 1.06. The molecule has 0 bridgehead atoms. The maximum Gasteiger partial charge on any atom is 0.135 e. The second-order valence-electron chi connectivity index (χ2n) is 4.40. The summed E-state index contributed by atoms with van der Waals surface area (Å²) in [6.45, 7) is 5.57. The molecule has 0 aliphatic carbocycles. The third-order valence-electron chi connectivity index (χ3n) is 3.00. The molecule has 5 heteroatoms. The second-order valence-corrected chi connectivity index (χ2v) is 4.40. The Hall–Kier alpha value is -1.36. The molecular weight excluding hydrogens is 216 g/mol. The van der Waals surface area contributed by atoms with E-state index in [9.17, 15) is 0 Å². The summed E-state index contributed by atoms with van der Waals surface area (Å²) in [5.74, 6) is 2.58. The number of nitrogens with zero attached hydrogens (tertiary/aromatic N) is 2. The molecule has 17 heavy (non-hydrogen) atoms. The minimum Gasteiger partial charge on any atom is -0.379 e. The van der Waals surface area contributed by atoms with Crippen molar-refractivity contribution in [3.63, 3.8) is 0 Å². The summed E-state index contributed by atoms with van der Waals surface area (Å²) in [6.07, 6.45) is 2.25. The minimum atomic E-state index is 0.362. The molecule has 1 aliphatic rings. The van der Waals surface area contributed by atoms with Gasteiger partial charge in [0.1, 0.15) is 17.5 Å². The highest BCUT2D eigenvalue weighted by atomic mass is 16.5. The van der Waals surface area contributed by atoms with Gasteiger partial charge in [-0.05, 0) is 26.7 Å². The van der Waals surface area contributed by atoms with Gasteiger partial charge in [0.15, 0.2) is 0 Å². The summed E-state index contributed by atoms with van der Waals surface area (Å²) < 4.78 is 5.46. The molecule has 0 amide bonds. The van der Waals surface area contributed by atoms with E-state index < -0.39 is 0 Å². The SMILES string of the molecule is CNc1nc(C)nc(NC2CCCOC2)c1C. The van der Waals surface area contributed by atoms with E-state index in [0.717, 1.165) is 49.1 Å². The van der Waals surface area contributed by atoms with Crippen molar-refractivity contribution in [2.75, 3.05) is 30.9 Å². The van der Waals surface area contributed by atoms with Crippen LogP contribution >= 0.6 is 0 Å². The molecule has 2 rings (SSSR count). The summed E-state index contributed by atoms with van der Waals surface area (Å²) in [5, 5.41) is 6.54. The Morgan fingerprint density at radius 1 is 1.24 bits per heavy atom. The largest absolute Gasteiger partial charge is 0.379 e. The lowest BCUT2D eigenvalue weighted by Crippen LogP contribution is -2.30. The van der Waals surface area contributed by atoms with Gasteiger partial charge in [-0.1, -0.05) is 0 Å². The number of ether oxygens (including phenoxy) is 1. The zero-order valence-corrected chi connectivity index (χ0v) is 10.7. The molecular formula is C12H20N4O. The van der Waals surface area contributed by atoms with E-state index in [1.54, 1.807) is 0 Å². The van der Waals surface area contributed by atoms with E-state index in [2.05, 4.69) is 20.6 Å². The highest BCUT2D eigenvalue weighted by molar-refractivity contribution is 5.57. The average Bonchev–Trinajstić information content (AvgIpc) is 2.34. The molecule has 2 N–H and O–H groups in total. The third-order valence-corrected chi connectivity index (χ3v) is 3.00. The van der Waals surface area contributed by atoms with Crippen LogP contribution in [0.5, 0.6) is 0 Å². The fourth-order valence-electron chi connectivity index (χ4n) is 2.06. The topological polar surface area (TPSA) is 59.1 Å². The van der Waals surface area contributed by atoms with Crippen LogP contribution in [0, 0.1) is 13.8 Å². The van der Waals surface area contributed by atoms with Crippen LogP contribution in [0.3, 0.4) is 0 Å². The molecule has 1 atom stereocenters. The van der Waals surface area contributed by atoms with E-state index >= 15 is 0 Å².